The summed E-state index contributed by atoms with van der Waals surface area (Å²) in [6.45, 7) is 1.78. The van der Waals surface area contributed by atoms with E-state index in [-0.39, 0.29) is 23.7 Å². The van der Waals surface area contributed by atoms with Crippen molar-refractivity contribution in [2.45, 2.75) is 17.1 Å². The quantitative estimate of drug-likeness (QED) is 0.284. The summed E-state index contributed by atoms with van der Waals surface area (Å²) in [7, 11) is 0. The predicted molar refractivity (Wildman–Crippen MR) is 139 cm³/mol. The van der Waals surface area contributed by atoms with Crippen molar-refractivity contribution in [3.05, 3.63) is 90.3 Å². The van der Waals surface area contributed by atoms with Gasteiger partial charge in [0, 0.05) is 21.5 Å². The molecule has 0 spiro atoms. The Labute approximate surface area is 206 Å². The number of rotatable bonds is 9. The van der Waals surface area contributed by atoms with Gasteiger partial charge in [0.15, 0.2) is 11.7 Å². The summed E-state index contributed by atoms with van der Waals surface area (Å²) in [5.74, 6) is 0.287. The Morgan fingerprint density at radius 3 is 2.32 bits per heavy atom. The van der Waals surface area contributed by atoms with Crippen LogP contribution < -0.4 is 15.4 Å². The highest BCUT2D eigenvalue weighted by atomic mass is 32.2. The van der Waals surface area contributed by atoms with Gasteiger partial charge in [-0.15, -0.1) is 23.1 Å². The second-order valence-corrected chi connectivity index (χ2v) is 9.60. The van der Waals surface area contributed by atoms with Crippen molar-refractivity contribution in [3.8, 4) is 17.0 Å². The van der Waals surface area contributed by atoms with Crippen molar-refractivity contribution in [3.63, 3.8) is 0 Å². The molecule has 34 heavy (non-hydrogen) atoms. The first kappa shape index (κ1) is 23.5. The standard InChI is InChI=1S/C26H23N3O3S2/c1-18(25(31)29-26-28-23(17-33-26)19-8-4-2-5-9-19)34-22-14-12-20(13-15-22)27-24(30)16-32-21-10-6-3-7-11-21/h2-15,17-18H,16H2,1H3,(H,27,30)(H,28,29,31). The van der Waals surface area contributed by atoms with Gasteiger partial charge in [-0.2, -0.15) is 0 Å². The Kier molecular flexibility index (Phi) is 7.95. The molecule has 0 radical (unpaired) electrons. The van der Waals surface area contributed by atoms with Crippen LogP contribution in [-0.2, 0) is 9.59 Å². The van der Waals surface area contributed by atoms with E-state index in [4.69, 9.17) is 4.74 Å². The molecule has 4 aromatic rings. The van der Waals surface area contributed by atoms with E-state index in [1.165, 1.54) is 23.1 Å². The lowest BCUT2D eigenvalue weighted by Crippen LogP contribution is -2.22. The number of ether oxygens (including phenoxy) is 1. The minimum atomic E-state index is -0.316. The number of nitrogens with one attached hydrogen (secondary N) is 2. The second kappa shape index (κ2) is 11.5. The average molecular weight is 490 g/mol. The highest BCUT2D eigenvalue weighted by molar-refractivity contribution is 8.00. The molecule has 2 N–H and O–H groups in total. The van der Waals surface area contributed by atoms with Gasteiger partial charge in [-0.25, -0.2) is 4.98 Å². The molecule has 0 aliphatic carbocycles. The molecule has 0 bridgehead atoms. The van der Waals surface area contributed by atoms with E-state index in [0.717, 1.165) is 16.2 Å². The molecular weight excluding hydrogens is 466 g/mol. The minimum absolute atomic E-state index is 0.0690. The predicted octanol–water partition coefficient (Wildman–Crippen LogP) is 5.95. The summed E-state index contributed by atoms with van der Waals surface area (Å²) < 4.78 is 5.45. The summed E-state index contributed by atoms with van der Waals surface area (Å²) in [6, 6.07) is 26.4. The third kappa shape index (κ3) is 6.69. The van der Waals surface area contributed by atoms with Gasteiger partial charge in [-0.3, -0.25) is 9.59 Å². The third-order valence-corrected chi connectivity index (χ3v) is 6.61. The molecule has 1 unspecified atom stereocenters. The molecule has 4 rings (SSSR count). The zero-order chi connectivity index (χ0) is 23.8. The van der Waals surface area contributed by atoms with Crippen LogP contribution in [0.15, 0.2) is 95.2 Å². The Morgan fingerprint density at radius 1 is 0.941 bits per heavy atom. The number of thiazole rings is 1. The van der Waals surface area contributed by atoms with E-state index >= 15 is 0 Å². The van der Waals surface area contributed by atoms with Crippen LogP contribution in [0.5, 0.6) is 5.75 Å². The fraction of sp³-hybridized carbons (Fsp3) is 0.115. The number of thioether (sulfide) groups is 1. The number of para-hydroxylation sites is 1. The van der Waals surface area contributed by atoms with Crippen LogP contribution in [0.2, 0.25) is 0 Å². The van der Waals surface area contributed by atoms with E-state index in [2.05, 4.69) is 15.6 Å². The summed E-state index contributed by atoms with van der Waals surface area (Å²) in [5.41, 5.74) is 2.52. The number of amides is 2. The second-order valence-electron chi connectivity index (χ2n) is 7.33. The van der Waals surface area contributed by atoms with E-state index in [1.807, 2.05) is 73.0 Å². The number of hydrogen-bond donors (Lipinski definition) is 2. The van der Waals surface area contributed by atoms with Crippen molar-refractivity contribution in [1.29, 1.82) is 0 Å². The molecule has 0 fully saturated rings. The summed E-state index contributed by atoms with van der Waals surface area (Å²) in [4.78, 5) is 30.2. The largest absolute Gasteiger partial charge is 0.484 e. The summed E-state index contributed by atoms with van der Waals surface area (Å²) in [5, 5.41) is 7.89. The Balaban J connectivity index is 1.25. The fourth-order valence-corrected chi connectivity index (χ4v) is 4.61. The lowest BCUT2D eigenvalue weighted by atomic mass is 10.2. The van der Waals surface area contributed by atoms with Crippen LogP contribution in [0, 0.1) is 0 Å². The van der Waals surface area contributed by atoms with Gasteiger partial charge >= 0.3 is 0 Å². The number of benzene rings is 3. The summed E-state index contributed by atoms with van der Waals surface area (Å²) >= 11 is 2.84. The zero-order valence-electron chi connectivity index (χ0n) is 18.4. The van der Waals surface area contributed by atoms with Gasteiger partial charge in [-0.1, -0.05) is 48.5 Å². The zero-order valence-corrected chi connectivity index (χ0v) is 20.1. The first-order valence-corrected chi connectivity index (χ1v) is 12.4. The highest BCUT2D eigenvalue weighted by Crippen LogP contribution is 2.28. The Bertz CT molecular complexity index is 1230. The fourth-order valence-electron chi connectivity index (χ4n) is 3.02. The molecular formula is C26H23N3O3S2. The van der Waals surface area contributed by atoms with Gasteiger partial charge in [0.25, 0.3) is 5.91 Å². The first-order valence-electron chi connectivity index (χ1n) is 10.6. The molecule has 1 aromatic heterocycles. The first-order chi connectivity index (χ1) is 16.6. The number of anilines is 2. The number of hydrogen-bond acceptors (Lipinski definition) is 6. The van der Waals surface area contributed by atoms with Gasteiger partial charge in [-0.05, 0) is 43.3 Å². The molecule has 0 saturated carbocycles. The van der Waals surface area contributed by atoms with Crippen molar-refractivity contribution in [2.24, 2.45) is 0 Å². The van der Waals surface area contributed by atoms with Crippen LogP contribution >= 0.6 is 23.1 Å². The Hall–Kier alpha value is -3.62. The number of carbonyl (C=O) groups is 2. The maximum atomic E-state index is 12.6. The third-order valence-electron chi connectivity index (χ3n) is 4.74. The molecule has 6 nitrogen and oxygen atoms in total. The molecule has 0 aliphatic rings. The molecule has 0 saturated heterocycles. The van der Waals surface area contributed by atoms with Crippen LogP contribution in [0.3, 0.4) is 0 Å². The maximum Gasteiger partial charge on any atom is 0.262 e. The summed E-state index contributed by atoms with van der Waals surface area (Å²) in [6.07, 6.45) is 0. The van der Waals surface area contributed by atoms with Crippen LogP contribution in [-0.4, -0.2) is 28.7 Å². The topological polar surface area (TPSA) is 80.3 Å². The van der Waals surface area contributed by atoms with Crippen LogP contribution in [0.1, 0.15) is 6.92 Å². The SMILES string of the molecule is CC(Sc1ccc(NC(=O)COc2ccccc2)cc1)C(=O)Nc1nc(-c2ccccc2)cs1. The lowest BCUT2D eigenvalue weighted by molar-refractivity contribution is -0.118. The molecule has 2 amide bonds. The normalized spacial score (nSPS) is 11.4. The monoisotopic (exact) mass is 489 g/mol. The molecule has 0 aliphatic heterocycles. The van der Waals surface area contributed by atoms with E-state index in [0.29, 0.717) is 16.6 Å². The Morgan fingerprint density at radius 2 is 1.62 bits per heavy atom. The molecule has 8 heteroatoms. The van der Waals surface area contributed by atoms with Crippen molar-refractivity contribution in [1.82, 2.24) is 4.98 Å². The molecule has 1 heterocycles. The van der Waals surface area contributed by atoms with E-state index in [1.54, 1.807) is 24.3 Å². The lowest BCUT2D eigenvalue weighted by Gasteiger charge is -2.11. The number of carbonyl (C=O) groups excluding carboxylic acids is 2. The van der Waals surface area contributed by atoms with Crippen molar-refractivity contribution in [2.75, 3.05) is 17.2 Å². The van der Waals surface area contributed by atoms with Crippen LogP contribution in [0.4, 0.5) is 10.8 Å². The molecule has 3 aromatic carbocycles. The van der Waals surface area contributed by atoms with Crippen molar-refractivity contribution >= 4 is 45.7 Å². The van der Waals surface area contributed by atoms with Gasteiger partial charge in [0.2, 0.25) is 5.91 Å². The van der Waals surface area contributed by atoms with E-state index < -0.39 is 0 Å². The van der Waals surface area contributed by atoms with E-state index in [9.17, 15) is 9.59 Å². The van der Waals surface area contributed by atoms with Gasteiger partial charge < -0.3 is 15.4 Å². The van der Waals surface area contributed by atoms with Gasteiger partial charge in [0.1, 0.15) is 5.75 Å². The molecule has 172 valence electrons. The smallest absolute Gasteiger partial charge is 0.262 e. The highest BCUT2D eigenvalue weighted by Gasteiger charge is 2.16. The minimum Gasteiger partial charge on any atom is -0.484 e. The van der Waals surface area contributed by atoms with Crippen LogP contribution in [0.25, 0.3) is 11.3 Å². The molecule has 1 atom stereocenters. The van der Waals surface area contributed by atoms with Crippen molar-refractivity contribution < 1.29 is 14.3 Å². The average Bonchev–Trinajstić information content (AvgIpc) is 3.33. The number of aromatic nitrogens is 1. The van der Waals surface area contributed by atoms with Gasteiger partial charge in [0.05, 0.1) is 10.9 Å². The number of nitrogens with zero attached hydrogens (tertiary/aromatic N) is 1. The maximum absolute atomic E-state index is 12.6.